The highest BCUT2D eigenvalue weighted by atomic mass is 16.5. The molecule has 2 aromatic rings. The normalized spacial score (nSPS) is 17.1. The maximum atomic E-state index is 12.4. The molecule has 1 aliphatic heterocycles. The van der Waals surface area contributed by atoms with E-state index in [1.54, 1.807) is 0 Å². The van der Waals surface area contributed by atoms with Crippen LogP contribution in [0.1, 0.15) is 39.0 Å². The van der Waals surface area contributed by atoms with Gasteiger partial charge in [0.25, 0.3) is 5.91 Å². The van der Waals surface area contributed by atoms with Crippen molar-refractivity contribution >= 4 is 5.91 Å². The Balaban J connectivity index is 1.30. The Morgan fingerprint density at radius 1 is 0.962 bits per heavy atom. The van der Waals surface area contributed by atoms with Crippen LogP contribution in [-0.4, -0.2) is 37.1 Å². The van der Waals surface area contributed by atoms with E-state index in [1.807, 2.05) is 6.07 Å². The molecule has 4 nitrogen and oxygen atoms in total. The molecule has 0 unspecified atom stereocenters. The largest absolute Gasteiger partial charge is 0.379 e. The quantitative estimate of drug-likeness (QED) is 0.901. The predicted molar refractivity (Wildman–Crippen MR) is 102 cm³/mol. The van der Waals surface area contributed by atoms with E-state index < -0.39 is 0 Å². The maximum absolute atomic E-state index is 12.4. The van der Waals surface area contributed by atoms with Crippen molar-refractivity contribution in [3.05, 3.63) is 70.3 Å². The number of benzene rings is 2. The van der Waals surface area contributed by atoms with Gasteiger partial charge in [-0.25, -0.2) is 0 Å². The fourth-order valence-electron chi connectivity index (χ4n) is 3.78. The standard InChI is InChI=1S/C22H26N2O2/c25-22(21-9-8-19-2-1-3-20(19)14-21)23-15-17-4-6-18(7-5-17)16-24-10-12-26-13-11-24/h4-9,14H,1-3,10-13,15-16H2,(H,23,25). The van der Waals surface area contributed by atoms with Crippen LogP contribution in [-0.2, 0) is 30.7 Å². The number of hydrogen-bond acceptors (Lipinski definition) is 3. The van der Waals surface area contributed by atoms with Crippen LogP contribution in [0.2, 0.25) is 0 Å². The molecule has 0 aromatic heterocycles. The number of amides is 1. The van der Waals surface area contributed by atoms with Crippen LogP contribution >= 0.6 is 0 Å². The molecular weight excluding hydrogens is 324 g/mol. The molecule has 1 aliphatic carbocycles. The molecular formula is C22H26N2O2. The Bertz CT molecular complexity index is 764. The predicted octanol–water partition coefficient (Wildman–Crippen LogP) is 2.94. The van der Waals surface area contributed by atoms with Crippen LogP contribution in [0.5, 0.6) is 0 Å². The van der Waals surface area contributed by atoms with E-state index in [2.05, 4.69) is 46.6 Å². The first-order chi connectivity index (χ1) is 12.8. The molecule has 1 amide bonds. The lowest BCUT2D eigenvalue weighted by Gasteiger charge is -2.26. The smallest absolute Gasteiger partial charge is 0.251 e. The lowest BCUT2D eigenvalue weighted by molar-refractivity contribution is 0.0342. The van der Waals surface area contributed by atoms with Crippen molar-refractivity contribution in [3.8, 4) is 0 Å². The van der Waals surface area contributed by atoms with E-state index in [4.69, 9.17) is 4.74 Å². The molecule has 2 aliphatic rings. The van der Waals surface area contributed by atoms with Crippen LogP contribution in [0.25, 0.3) is 0 Å². The number of nitrogens with one attached hydrogen (secondary N) is 1. The Morgan fingerprint density at radius 2 is 1.69 bits per heavy atom. The van der Waals surface area contributed by atoms with Gasteiger partial charge in [0.1, 0.15) is 0 Å². The van der Waals surface area contributed by atoms with Crippen molar-refractivity contribution in [1.29, 1.82) is 0 Å². The van der Waals surface area contributed by atoms with Gasteiger partial charge in [0.15, 0.2) is 0 Å². The fraction of sp³-hybridized carbons (Fsp3) is 0.409. The second-order valence-corrected chi connectivity index (χ2v) is 7.22. The van der Waals surface area contributed by atoms with E-state index in [9.17, 15) is 4.79 Å². The molecule has 0 radical (unpaired) electrons. The number of nitrogens with zero attached hydrogens (tertiary/aromatic N) is 1. The summed E-state index contributed by atoms with van der Waals surface area (Å²) >= 11 is 0. The van der Waals surface area contributed by atoms with Crippen molar-refractivity contribution in [2.75, 3.05) is 26.3 Å². The molecule has 1 saturated heterocycles. The molecule has 4 rings (SSSR count). The molecule has 0 spiro atoms. The number of rotatable bonds is 5. The Morgan fingerprint density at radius 3 is 2.50 bits per heavy atom. The van der Waals surface area contributed by atoms with Crippen LogP contribution < -0.4 is 5.32 Å². The Kier molecular flexibility index (Phi) is 5.32. The monoisotopic (exact) mass is 350 g/mol. The van der Waals surface area contributed by atoms with Crippen LogP contribution in [0.3, 0.4) is 0 Å². The van der Waals surface area contributed by atoms with Gasteiger partial charge in [0.05, 0.1) is 13.2 Å². The highest BCUT2D eigenvalue weighted by molar-refractivity contribution is 5.94. The van der Waals surface area contributed by atoms with E-state index in [1.165, 1.54) is 23.1 Å². The number of carbonyl (C=O) groups excluding carboxylic acids is 1. The fourth-order valence-corrected chi connectivity index (χ4v) is 3.78. The molecule has 2 aromatic carbocycles. The first kappa shape index (κ1) is 17.3. The lowest BCUT2D eigenvalue weighted by Crippen LogP contribution is -2.35. The Labute approximate surface area is 155 Å². The van der Waals surface area contributed by atoms with Gasteiger partial charge < -0.3 is 10.1 Å². The van der Waals surface area contributed by atoms with Crippen LogP contribution in [0.4, 0.5) is 0 Å². The lowest BCUT2D eigenvalue weighted by atomic mass is 10.1. The molecule has 0 atom stereocenters. The molecule has 26 heavy (non-hydrogen) atoms. The van der Waals surface area contributed by atoms with Crippen molar-refractivity contribution in [1.82, 2.24) is 10.2 Å². The first-order valence-electron chi connectivity index (χ1n) is 9.56. The summed E-state index contributed by atoms with van der Waals surface area (Å²) in [6.45, 7) is 5.18. The van der Waals surface area contributed by atoms with E-state index in [-0.39, 0.29) is 5.91 Å². The van der Waals surface area contributed by atoms with Crippen LogP contribution in [0.15, 0.2) is 42.5 Å². The number of aryl methyl sites for hydroxylation is 2. The van der Waals surface area contributed by atoms with Gasteiger partial charge in [0.2, 0.25) is 0 Å². The SMILES string of the molecule is O=C(NCc1ccc(CN2CCOCC2)cc1)c1ccc2c(c1)CCC2. The van der Waals surface area contributed by atoms with E-state index in [0.29, 0.717) is 6.54 Å². The number of morpholine rings is 1. The van der Waals surface area contributed by atoms with Gasteiger partial charge in [-0.05, 0) is 53.6 Å². The molecule has 0 bridgehead atoms. The van der Waals surface area contributed by atoms with Gasteiger partial charge in [0, 0.05) is 31.7 Å². The average Bonchev–Trinajstić information content (AvgIpc) is 3.16. The Hall–Kier alpha value is -2.17. The summed E-state index contributed by atoms with van der Waals surface area (Å²) in [7, 11) is 0. The van der Waals surface area contributed by atoms with E-state index in [0.717, 1.165) is 56.8 Å². The molecule has 1 heterocycles. The minimum atomic E-state index is 0.0112. The summed E-state index contributed by atoms with van der Waals surface area (Å²) in [6, 6.07) is 14.7. The van der Waals surface area contributed by atoms with Gasteiger partial charge >= 0.3 is 0 Å². The highest BCUT2D eigenvalue weighted by Crippen LogP contribution is 2.22. The molecule has 0 saturated carbocycles. The van der Waals surface area contributed by atoms with Crippen molar-refractivity contribution in [3.63, 3.8) is 0 Å². The number of carbonyl (C=O) groups is 1. The number of fused-ring (bicyclic) bond motifs is 1. The zero-order valence-corrected chi connectivity index (χ0v) is 15.2. The summed E-state index contributed by atoms with van der Waals surface area (Å²) < 4.78 is 5.39. The topological polar surface area (TPSA) is 41.6 Å². The van der Waals surface area contributed by atoms with Crippen molar-refractivity contribution < 1.29 is 9.53 Å². The minimum absolute atomic E-state index is 0.0112. The second-order valence-electron chi connectivity index (χ2n) is 7.22. The van der Waals surface area contributed by atoms with Gasteiger partial charge in [-0.3, -0.25) is 9.69 Å². The average molecular weight is 350 g/mol. The molecule has 136 valence electrons. The maximum Gasteiger partial charge on any atom is 0.251 e. The summed E-state index contributed by atoms with van der Waals surface area (Å²) in [4.78, 5) is 14.8. The molecule has 1 N–H and O–H groups in total. The third-order valence-electron chi connectivity index (χ3n) is 5.35. The van der Waals surface area contributed by atoms with Gasteiger partial charge in [-0.15, -0.1) is 0 Å². The second kappa shape index (κ2) is 8.02. The van der Waals surface area contributed by atoms with Crippen molar-refractivity contribution in [2.45, 2.75) is 32.4 Å². The molecule has 4 heteroatoms. The number of ether oxygens (including phenoxy) is 1. The zero-order chi connectivity index (χ0) is 17.8. The van der Waals surface area contributed by atoms with Crippen LogP contribution in [0, 0.1) is 0 Å². The third kappa shape index (κ3) is 4.14. The van der Waals surface area contributed by atoms with Gasteiger partial charge in [-0.2, -0.15) is 0 Å². The minimum Gasteiger partial charge on any atom is -0.379 e. The highest BCUT2D eigenvalue weighted by Gasteiger charge is 2.14. The summed E-state index contributed by atoms with van der Waals surface area (Å²) in [6.07, 6.45) is 3.45. The van der Waals surface area contributed by atoms with Crippen molar-refractivity contribution in [2.24, 2.45) is 0 Å². The van der Waals surface area contributed by atoms with Gasteiger partial charge in [-0.1, -0.05) is 30.3 Å². The summed E-state index contributed by atoms with van der Waals surface area (Å²) in [5.74, 6) is 0.0112. The third-order valence-corrected chi connectivity index (χ3v) is 5.35. The first-order valence-corrected chi connectivity index (χ1v) is 9.56. The zero-order valence-electron chi connectivity index (χ0n) is 15.2. The summed E-state index contributed by atoms with van der Waals surface area (Å²) in [5, 5.41) is 3.04. The molecule has 1 fully saturated rings. The number of hydrogen-bond donors (Lipinski definition) is 1. The summed E-state index contributed by atoms with van der Waals surface area (Å²) in [5.41, 5.74) is 5.95. The van der Waals surface area contributed by atoms with E-state index >= 15 is 0 Å².